The number of likely N-dealkylation sites (tertiary alicyclic amines) is 2. The Labute approximate surface area is 369 Å². The number of ether oxygens (including phenoxy) is 2. The lowest BCUT2D eigenvalue weighted by Crippen LogP contribution is -2.62. The summed E-state index contributed by atoms with van der Waals surface area (Å²) < 4.78 is 12.1. The van der Waals surface area contributed by atoms with Crippen LogP contribution in [0, 0.1) is 40.4 Å². The molecule has 15 heteroatoms. The van der Waals surface area contributed by atoms with Gasteiger partial charge in [-0.3, -0.25) is 19.6 Å². The highest BCUT2D eigenvalue weighted by Gasteiger charge is 2.54. The average molecular weight is 872 g/mol. The number of rotatable bonds is 8. The molecule has 0 aromatic carbocycles. The molecular weight excluding hydrogens is 796 g/mol. The summed E-state index contributed by atoms with van der Waals surface area (Å²) in [6, 6.07) is 3.17. The van der Waals surface area contributed by atoms with E-state index in [1.807, 2.05) is 0 Å². The normalized spacial score (nSPS) is 46.6. The van der Waals surface area contributed by atoms with Crippen LogP contribution in [0.25, 0.3) is 0 Å². The number of methoxy groups -OCH3 is 1. The van der Waals surface area contributed by atoms with Crippen molar-refractivity contribution in [2.75, 3.05) is 33.3 Å². The quantitative estimate of drug-likeness (QED) is 0.212. The lowest BCUT2D eigenvalue weighted by atomic mass is 9.73. The fourth-order valence-electron chi connectivity index (χ4n) is 13.2. The highest BCUT2D eigenvalue weighted by atomic mass is 35.5. The van der Waals surface area contributed by atoms with E-state index in [0.717, 1.165) is 83.7 Å². The van der Waals surface area contributed by atoms with Crippen molar-refractivity contribution in [3.63, 3.8) is 0 Å². The van der Waals surface area contributed by atoms with Gasteiger partial charge in [0.2, 0.25) is 5.91 Å². The fourth-order valence-corrected chi connectivity index (χ4v) is 15.5. The van der Waals surface area contributed by atoms with Crippen LogP contribution in [-0.2, 0) is 14.3 Å². The van der Waals surface area contributed by atoms with E-state index < -0.39 is 0 Å². The Morgan fingerprint density at radius 1 is 0.900 bits per heavy atom. The molecule has 6 aliphatic heterocycles. The second-order valence-corrected chi connectivity index (χ2v) is 22.7. The summed E-state index contributed by atoms with van der Waals surface area (Å²) in [5, 5.41) is 14.0. The largest absolute Gasteiger partial charge is 0.380 e. The standard InChI is InChI=1S/C45H75ClN10O3S/c1-26-28(3)60-44-40(26)41(48-27(2)42-53-50-29(4)56(42)44)35-13-9-32(22-36(35)46)54-19-16-45(17-20-54)18-21-55(25-45)39-15-14-37(51-52-39)43(57)49-31-7-11-33(12-8-31)59-34-10-6-30(24-47)38(23-34)58-5/h26-40,42,44,50-53H,6-23,25H2,1-5H3,(H,49,57)/t26?,27-,28?,29?,30?,31?,32?,33?,34?,35?,36?,37?,38?,39?,40?,42?,44?/m0/s1. The van der Waals surface area contributed by atoms with Gasteiger partial charge < -0.3 is 19.7 Å². The number of carbonyl (C=O) groups is 1. The molecule has 13 nitrogen and oxygen atoms in total. The molecule has 5 N–H and O–H groups in total. The Balaban J connectivity index is 0.696. The van der Waals surface area contributed by atoms with Gasteiger partial charge >= 0.3 is 0 Å². The number of hydrazine groups is 2. The molecule has 6 heterocycles. The molecule has 5 saturated heterocycles. The highest BCUT2D eigenvalue weighted by molar-refractivity contribution is 8.00. The molecular formula is C45H75ClN10O3S. The SMILES string of the molecule is COC1CC(OC2CCC(NC(=O)C3CCC(N4CCC5(CCN(C6CCC(C7=N[C@@H](C)C8NNC(C)N8C8SC(C)C(C)C78)C(Cl)C6)CC5)C4)NN3)CC2)CCC1C#N. The van der Waals surface area contributed by atoms with E-state index in [4.69, 9.17) is 26.1 Å². The van der Waals surface area contributed by atoms with Crippen LogP contribution < -0.4 is 27.0 Å². The van der Waals surface area contributed by atoms with E-state index in [2.05, 4.69) is 87.2 Å². The van der Waals surface area contributed by atoms with Crippen molar-refractivity contribution >= 4 is 35.0 Å². The second kappa shape index (κ2) is 18.8. The zero-order valence-corrected chi connectivity index (χ0v) is 38.6. The summed E-state index contributed by atoms with van der Waals surface area (Å²) in [4.78, 5) is 27.0. The number of hydrogen-bond acceptors (Lipinski definition) is 13. The van der Waals surface area contributed by atoms with Crippen LogP contribution in [0.2, 0.25) is 0 Å². The minimum atomic E-state index is -0.198. The van der Waals surface area contributed by atoms with Crippen molar-refractivity contribution in [3.05, 3.63) is 0 Å². The Kier molecular flexibility index (Phi) is 13.8. The molecule has 60 heavy (non-hydrogen) atoms. The minimum Gasteiger partial charge on any atom is -0.380 e. The number of nitrogens with zero attached hydrogens (tertiary/aromatic N) is 5. The van der Waals surface area contributed by atoms with E-state index in [1.165, 1.54) is 44.5 Å². The monoisotopic (exact) mass is 871 g/mol. The van der Waals surface area contributed by atoms with E-state index in [0.29, 0.717) is 46.0 Å². The van der Waals surface area contributed by atoms with Crippen LogP contribution in [0.15, 0.2) is 4.99 Å². The molecule has 1 amide bonds. The third-order valence-electron chi connectivity index (χ3n) is 17.1. The molecule has 0 radical (unpaired) electrons. The lowest BCUT2D eigenvalue weighted by Gasteiger charge is -2.46. The molecule has 336 valence electrons. The molecule has 0 aromatic heterocycles. The van der Waals surface area contributed by atoms with Crippen LogP contribution in [0.1, 0.15) is 124 Å². The van der Waals surface area contributed by atoms with Crippen LogP contribution in [-0.4, -0.2) is 137 Å². The number of nitrogens with one attached hydrogen (secondary N) is 5. The summed E-state index contributed by atoms with van der Waals surface area (Å²) in [6.07, 6.45) is 16.6. The van der Waals surface area contributed by atoms with Crippen LogP contribution in [0.3, 0.4) is 0 Å². The van der Waals surface area contributed by atoms with Crippen molar-refractivity contribution in [2.45, 2.75) is 201 Å². The number of thioether (sulfide) groups is 1. The zero-order valence-electron chi connectivity index (χ0n) is 37.0. The number of piperidine rings is 1. The highest BCUT2D eigenvalue weighted by Crippen LogP contribution is 2.51. The van der Waals surface area contributed by atoms with Crippen LogP contribution in [0.4, 0.5) is 0 Å². The maximum atomic E-state index is 13.4. The Hall–Kier alpha value is -1.09. The van der Waals surface area contributed by atoms with Gasteiger partial charge in [0.25, 0.3) is 0 Å². The molecule has 0 bridgehead atoms. The van der Waals surface area contributed by atoms with Crippen molar-refractivity contribution in [3.8, 4) is 6.07 Å². The first-order valence-electron chi connectivity index (χ1n) is 24.1. The summed E-state index contributed by atoms with van der Waals surface area (Å²) in [6.45, 7) is 14.1. The summed E-state index contributed by atoms with van der Waals surface area (Å²) in [5.41, 5.74) is 15.9. The van der Waals surface area contributed by atoms with Gasteiger partial charge in [0.15, 0.2) is 0 Å². The maximum absolute atomic E-state index is 13.4. The van der Waals surface area contributed by atoms with Crippen molar-refractivity contribution in [1.82, 2.24) is 41.7 Å². The maximum Gasteiger partial charge on any atom is 0.238 e. The van der Waals surface area contributed by atoms with Crippen LogP contribution in [0.5, 0.6) is 0 Å². The number of nitriles is 1. The number of alkyl halides is 1. The minimum absolute atomic E-state index is 0.0275. The van der Waals surface area contributed by atoms with E-state index >= 15 is 0 Å². The number of amides is 1. The molecule has 8 fully saturated rings. The van der Waals surface area contributed by atoms with E-state index in [-0.39, 0.29) is 66.0 Å². The topological polar surface area (TPSA) is 142 Å². The predicted octanol–water partition coefficient (Wildman–Crippen LogP) is 4.92. The van der Waals surface area contributed by atoms with Gasteiger partial charge in [-0.05, 0) is 128 Å². The molecule has 14 unspecified atom stereocenters. The van der Waals surface area contributed by atoms with Crippen molar-refractivity contribution in [1.29, 1.82) is 5.26 Å². The second-order valence-electron chi connectivity index (χ2n) is 20.6. The van der Waals surface area contributed by atoms with E-state index in [1.54, 1.807) is 7.11 Å². The van der Waals surface area contributed by atoms with Crippen molar-refractivity contribution in [2.24, 2.45) is 34.1 Å². The molecule has 9 aliphatic rings. The van der Waals surface area contributed by atoms with Crippen molar-refractivity contribution < 1.29 is 14.3 Å². The number of carbonyl (C=O) groups excluding carboxylic acids is 1. The summed E-state index contributed by atoms with van der Waals surface area (Å²) in [5.74, 6) is 1.50. The molecule has 3 saturated carbocycles. The smallest absolute Gasteiger partial charge is 0.238 e. The van der Waals surface area contributed by atoms with Gasteiger partial charge in [-0.25, -0.2) is 21.7 Å². The Bertz CT molecular complexity index is 1570. The molecule has 1 spiro atoms. The van der Waals surface area contributed by atoms with Gasteiger partial charge in [0.05, 0.1) is 60.2 Å². The lowest BCUT2D eigenvalue weighted by molar-refractivity contribution is -0.126. The van der Waals surface area contributed by atoms with Gasteiger partial charge in [-0.1, -0.05) is 13.8 Å². The first kappa shape index (κ1) is 44.1. The van der Waals surface area contributed by atoms with Gasteiger partial charge in [-0.2, -0.15) is 5.26 Å². The first-order chi connectivity index (χ1) is 29.0. The molecule has 3 aliphatic carbocycles. The summed E-state index contributed by atoms with van der Waals surface area (Å²) >= 11 is 9.64. The Morgan fingerprint density at radius 2 is 1.65 bits per heavy atom. The molecule has 0 aromatic rings. The van der Waals surface area contributed by atoms with Gasteiger partial charge in [0, 0.05) is 66.9 Å². The number of fused-ring (bicyclic) bond motifs is 3. The van der Waals surface area contributed by atoms with Crippen LogP contribution >= 0.6 is 23.4 Å². The number of hydrogen-bond donors (Lipinski definition) is 5. The molecule has 9 rings (SSSR count). The Morgan fingerprint density at radius 3 is 2.35 bits per heavy atom. The number of halogens is 1. The third-order valence-corrected chi connectivity index (χ3v) is 19.3. The first-order valence-corrected chi connectivity index (χ1v) is 25.4. The zero-order chi connectivity index (χ0) is 41.7. The third kappa shape index (κ3) is 8.96. The predicted molar refractivity (Wildman–Crippen MR) is 238 cm³/mol. The number of aliphatic imine (C=N–C) groups is 1. The molecule has 15 atom stereocenters. The van der Waals surface area contributed by atoms with Gasteiger partial charge in [-0.15, -0.1) is 23.4 Å². The fraction of sp³-hybridized carbons (Fsp3) is 0.933. The van der Waals surface area contributed by atoms with Gasteiger partial charge in [0.1, 0.15) is 6.04 Å². The average Bonchev–Trinajstić information content (AvgIpc) is 3.92. The van der Waals surface area contributed by atoms with E-state index in [9.17, 15) is 10.1 Å². The summed E-state index contributed by atoms with van der Waals surface area (Å²) in [7, 11) is 1.70.